The molecule has 0 fully saturated rings. The zero-order chi connectivity index (χ0) is 14.2. The van der Waals surface area contributed by atoms with Crippen LogP contribution in [0.3, 0.4) is 0 Å². The second-order valence-electron chi connectivity index (χ2n) is 3.83. The molecule has 0 bridgehead atoms. The summed E-state index contributed by atoms with van der Waals surface area (Å²) in [6.45, 7) is 0. The Hall–Kier alpha value is -1.04. The highest BCUT2D eigenvalue weighted by Crippen LogP contribution is 2.31. The molecule has 0 aromatic heterocycles. The fourth-order valence-corrected chi connectivity index (χ4v) is 2.14. The van der Waals surface area contributed by atoms with Crippen molar-refractivity contribution in [1.82, 2.24) is 0 Å². The third kappa shape index (κ3) is 2.78. The van der Waals surface area contributed by atoms with Crippen LogP contribution in [-0.4, -0.2) is 5.11 Å². The van der Waals surface area contributed by atoms with Gasteiger partial charge in [0.05, 0.1) is 9.50 Å². The van der Waals surface area contributed by atoms with Crippen molar-refractivity contribution in [1.29, 1.82) is 0 Å². The summed E-state index contributed by atoms with van der Waals surface area (Å²) in [7, 11) is 0. The van der Waals surface area contributed by atoms with E-state index < -0.39 is 23.6 Å². The molecule has 1 atom stereocenters. The Kier molecular flexibility index (Phi) is 4.18. The Morgan fingerprint density at radius 2 is 1.74 bits per heavy atom. The summed E-state index contributed by atoms with van der Waals surface area (Å²) in [5.74, 6) is -2.46. The second kappa shape index (κ2) is 5.53. The molecule has 1 N–H and O–H groups in total. The quantitative estimate of drug-likeness (QED) is 0.784. The van der Waals surface area contributed by atoms with E-state index in [2.05, 4.69) is 15.9 Å². The van der Waals surface area contributed by atoms with Crippen LogP contribution in [0.5, 0.6) is 0 Å². The first-order valence-corrected chi connectivity index (χ1v) is 6.35. The summed E-state index contributed by atoms with van der Waals surface area (Å²) in [5, 5.41) is 9.77. The largest absolute Gasteiger partial charge is 0.383 e. The van der Waals surface area contributed by atoms with E-state index in [9.17, 15) is 18.3 Å². The van der Waals surface area contributed by atoms with Crippen molar-refractivity contribution in [2.24, 2.45) is 0 Å². The summed E-state index contributed by atoms with van der Waals surface area (Å²) in [6.07, 6.45) is -1.64. The SMILES string of the molecule is OC(c1cc(F)c(Br)cc1F)c1cccc(Cl)c1F. The van der Waals surface area contributed by atoms with Gasteiger partial charge in [0.1, 0.15) is 23.6 Å². The van der Waals surface area contributed by atoms with E-state index in [0.29, 0.717) is 0 Å². The van der Waals surface area contributed by atoms with E-state index in [1.807, 2.05) is 0 Å². The Labute approximate surface area is 120 Å². The molecule has 0 spiro atoms. The Morgan fingerprint density at radius 1 is 1.05 bits per heavy atom. The van der Waals surface area contributed by atoms with Gasteiger partial charge in [-0.3, -0.25) is 0 Å². The molecule has 0 aliphatic carbocycles. The maximum absolute atomic E-state index is 13.7. The number of hydrogen-bond donors (Lipinski definition) is 1. The van der Waals surface area contributed by atoms with Gasteiger partial charge in [0.25, 0.3) is 0 Å². The Balaban J connectivity index is 2.53. The summed E-state index contributed by atoms with van der Waals surface area (Å²) in [6, 6.07) is 5.65. The molecule has 0 aliphatic rings. The van der Waals surface area contributed by atoms with Crippen molar-refractivity contribution in [3.8, 4) is 0 Å². The number of rotatable bonds is 2. The lowest BCUT2D eigenvalue weighted by Gasteiger charge is -2.14. The van der Waals surface area contributed by atoms with Gasteiger partial charge in [0, 0.05) is 11.1 Å². The molecule has 19 heavy (non-hydrogen) atoms. The van der Waals surface area contributed by atoms with Crippen LogP contribution in [0.2, 0.25) is 5.02 Å². The molecule has 0 heterocycles. The zero-order valence-corrected chi connectivity index (χ0v) is 11.6. The molecular weight excluding hydrogens is 344 g/mol. The van der Waals surface area contributed by atoms with Crippen LogP contribution in [0.25, 0.3) is 0 Å². The van der Waals surface area contributed by atoms with Crippen LogP contribution >= 0.6 is 27.5 Å². The molecule has 2 aromatic rings. The average molecular weight is 352 g/mol. The van der Waals surface area contributed by atoms with Crippen molar-refractivity contribution < 1.29 is 18.3 Å². The molecule has 1 nitrogen and oxygen atoms in total. The topological polar surface area (TPSA) is 20.2 Å². The molecule has 100 valence electrons. The molecular formula is C13H7BrClF3O. The lowest BCUT2D eigenvalue weighted by Crippen LogP contribution is -2.06. The Morgan fingerprint density at radius 3 is 2.42 bits per heavy atom. The van der Waals surface area contributed by atoms with Gasteiger partial charge < -0.3 is 5.11 Å². The smallest absolute Gasteiger partial charge is 0.147 e. The van der Waals surface area contributed by atoms with Crippen LogP contribution in [0.4, 0.5) is 13.2 Å². The van der Waals surface area contributed by atoms with Crippen molar-refractivity contribution >= 4 is 27.5 Å². The van der Waals surface area contributed by atoms with Gasteiger partial charge in [-0.05, 0) is 34.1 Å². The third-order valence-electron chi connectivity index (χ3n) is 2.61. The highest BCUT2D eigenvalue weighted by atomic mass is 79.9. The molecule has 0 saturated carbocycles. The second-order valence-corrected chi connectivity index (χ2v) is 5.09. The highest BCUT2D eigenvalue weighted by Gasteiger charge is 2.21. The first kappa shape index (κ1) is 14.4. The van der Waals surface area contributed by atoms with E-state index in [0.717, 1.165) is 12.1 Å². The summed E-state index contributed by atoms with van der Waals surface area (Å²) >= 11 is 8.40. The van der Waals surface area contributed by atoms with Gasteiger partial charge >= 0.3 is 0 Å². The molecule has 2 aromatic carbocycles. The van der Waals surface area contributed by atoms with Crippen molar-refractivity contribution in [2.75, 3.05) is 0 Å². The third-order valence-corrected chi connectivity index (χ3v) is 3.51. The zero-order valence-electron chi connectivity index (χ0n) is 9.30. The van der Waals surface area contributed by atoms with E-state index in [-0.39, 0.29) is 20.6 Å². The summed E-state index contributed by atoms with van der Waals surface area (Å²) in [4.78, 5) is 0. The van der Waals surface area contributed by atoms with E-state index in [1.165, 1.54) is 18.2 Å². The van der Waals surface area contributed by atoms with Gasteiger partial charge in [0.2, 0.25) is 0 Å². The molecule has 0 saturated heterocycles. The fraction of sp³-hybridized carbons (Fsp3) is 0.0769. The van der Waals surface area contributed by atoms with E-state index in [1.54, 1.807) is 0 Å². The first-order valence-electron chi connectivity index (χ1n) is 5.18. The minimum Gasteiger partial charge on any atom is -0.383 e. The van der Waals surface area contributed by atoms with Gasteiger partial charge in [0.15, 0.2) is 0 Å². The maximum Gasteiger partial charge on any atom is 0.147 e. The summed E-state index contributed by atoms with van der Waals surface area (Å²) in [5.41, 5.74) is -0.574. The average Bonchev–Trinajstić information content (AvgIpc) is 2.36. The number of benzene rings is 2. The van der Waals surface area contributed by atoms with Crippen LogP contribution in [0.15, 0.2) is 34.8 Å². The van der Waals surface area contributed by atoms with Gasteiger partial charge in [-0.2, -0.15) is 0 Å². The van der Waals surface area contributed by atoms with Crippen molar-refractivity contribution in [3.63, 3.8) is 0 Å². The predicted octanol–water partition coefficient (Wildman–Crippen LogP) is 4.60. The van der Waals surface area contributed by atoms with Gasteiger partial charge in [-0.15, -0.1) is 0 Å². The molecule has 1 unspecified atom stereocenters. The van der Waals surface area contributed by atoms with Crippen LogP contribution in [0, 0.1) is 17.5 Å². The van der Waals surface area contributed by atoms with Crippen molar-refractivity contribution in [2.45, 2.75) is 6.10 Å². The minimum atomic E-state index is -1.64. The standard InChI is InChI=1S/C13H7BrClF3O/c14-8-5-10(16)7(4-11(8)17)13(19)6-2-1-3-9(15)12(6)18/h1-5,13,19H. The minimum absolute atomic E-state index is 0.0764. The summed E-state index contributed by atoms with van der Waals surface area (Å²) < 4.78 is 40.7. The van der Waals surface area contributed by atoms with Gasteiger partial charge in [-0.1, -0.05) is 23.7 Å². The normalized spacial score (nSPS) is 12.5. The van der Waals surface area contributed by atoms with Crippen molar-refractivity contribution in [3.05, 3.63) is 68.4 Å². The highest BCUT2D eigenvalue weighted by molar-refractivity contribution is 9.10. The van der Waals surface area contributed by atoms with Crippen LogP contribution in [0.1, 0.15) is 17.2 Å². The van der Waals surface area contributed by atoms with E-state index >= 15 is 0 Å². The van der Waals surface area contributed by atoms with Crippen LogP contribution in [-0.2, 0) is 0 Å². The van der Waals surface area contributed by atoms with Gasteiger partial charge in [-0.25, -0.2) is 13.2 Å². The molecule has 0 amide bonds. The first-order chi connectivity index (χ1) is 8.91. The molecule has 2 rings (SSSR count). The molecule has 6 heteroatoms. The Bertz CT molecular complexity index is 634. The monoisotopic (exact) mass is 350 g/mol. The lowest BCUT2D eigenvalue weighted by atomic mass is 10.0. The number of aliphatic hydroxyl groups excluding tert-OH is 1. The van der Waals surface area contributed by atoms with Crippen LogP contribution < -0.4 is 0 Å². The molecule has 0 radical (unpaired) electrons. The van der Waals surface area contributed by atoms with E-state index in [4.69, 9.17) is 11.6 Å². The predicted molar refractivity (Wildman–Crippen MR) is 69.5 cm³/mol. The fourth-order valence-electron chi connectivity index (χ4n) is 1.65. The lowest BCUT2D eigenvalue weighted by molar-refractivity contribution is 0.209. The maximum atomic E-state index is 13.7. The molecule has 0 aliphatic heterocycles. The number of aliphatic hydroxyl groups is 1. The number of halogens is 5. The number of hydrogen-bond acceptors (Lipinski definition) is 1.